The summed E-state index contributed by atoms with van der Waals surface area (Å²) in [5, 5.41) is 20.5. The molecule has 1 aliphatic heterocycles. The highest BCUT2D eigenvalue weighted by atomic mass is 19.1. The fraction of sp³-hybridized carbons (Fsp3) is 0.533. The number of fused-ring (bicyclic) bond motifs is 1. The molecule has 0 unspecified atom stereocenters. The van der Waals surface area contributed by atoms with Gasteiger partial charge in [-0.25, -0.2) is 4.39 Å². The van der Waals surface area contributed by atoms with Crippen LogP contribution in [0.2, 0.25) is 0 Å². The molecule has 7 nitrogen and oxygen atoms in total. The summed E-state index contributed by atoms with van der Waals surface area (Å²) < 4.78 is 19.3. The Morgan fingerprint density at radius 3 is 2.87 bits per heavy atom. The molecular weight excluding hydrogens is 307 g/mol. The van der Waals surface area contributed by atoms with E-state index in [0.717, 1.165) is 18.9 Å². The minimum Gasteiger partial charge on any atom is -0.490 e. The smallest absolute Gasteiger partial charge is 0.313 e. The van der Waals surface area contributed by atoms with Crippen LogP contribution in [0.25, 0.3) is 0 Å². The second kappa shape index (κ2) is 5.36. The highest BCUT2D eigenvalue weighted by Crippen LogP contribution is 2.50. The van der Waals surface area contributed by atoms with Crippen LogP contribution in [0, 0.1) is 27.3 Å². The van der Waals surface area contributed by atoms with Crippen LogP contribution < -0.4 is 9.64 Å². The largest absolute Gasteiger partial charge is 0.490 e. The molecule has 2 aliphatic rings. The van der Waals surface area contributed by atoms with Crippen LogP contribution in [0.1, 0.15) is 19.3 Å². The van der Waals surface area contributed by atoms with E-state index in [9.17, 15) is 24.4 Å². The predicted octanol–water partition coefficient (Wildman–Crippen LogP) is 2.43. The zero-order valence-corrected chi connectivity index (χ0v) is 12.6. The van der Waals surface area contributed by atoms with Crippen molar-refractivity contribution in [2.75, 3.05) is 25.1 Å². The first-order chi connectivity index (χ1) is 10.9. The second-order valence-electron chi connectivity index (χ2n) is 6.16. The van der Waals surface area contributed by atoms with E-state index in [1.54, 1.807) is 4.90 Å². The Morgan fingerprint density at radius 2 is 2.30 bits per heavy atom. The molecule has 1 N–H and O–H groups in total. The number of carbonyl (C=O) groups is 1. The zero-order valence-electron chi connectivity index (χ0n) is 12.6. The average Bonchev–Trinajstić information content (AvgIpc) is 3.04. The number of nitrogens with zero attached hydrogens (tertiary/aromatic N) is 2. The molecule has 0 radical (unpaired) electrons. The number of nitro benzene ring substituents is 1. The topological polar surface area (TPSA) is 92.9 Å². The van der Waals surface area contributed by atoms with Crippen LogP contribution in [-0.2, 0) is 4.79 Å². The summed E-state index contributed by atoms with van der Waals surface area (Å²) in [4.78, 5) is 23.6. The quantitative estimate of drug-likeness (QED) is 0.675. The highest BCUT2D eigenvalue weighted by Gasteiger charge is 2.55. The maximum Gasteiger partial charge on any atom is 0.313 e. The molecule has 3 rings (SSSR count). The molecule has 124 valence electrons. The maximum absolute atomic E-state index is 14.3. The SMILES string of the molecule is COc1cc(N2C[C@@H]3CCC[C@@]3(C(=O)O)C2)c(F)cc1[N+](=O)[O-]. The van der Waals surface area contributed by atoms with E-state index in [4.69, 9.17) is 4.74 Å². The summed E-state index contributed by atoms with van der Waals surface area (Å²) in [7, 11) is 1.28. The Balaban J connectivity index is 1.97. The van der Waals surface area contributed by atoms with E-state index in [2.05, 4.69) is 0 Å². The summed E-state index contributed by atoms with van der Waals surface area (Å²) in [6, 6.07) is 2.11. The van der Waals surface area contributed by atoms with Crippen molar-refractivity contribution >= 4 is 17.3 Å². The van der Waals surface area contributed by atoms with Crippen molar-refractivity contribution in [3.05, 3.63) is 28.1 Å². The number of nitro groups is 1. The summed E-state index contributed by atoms with van der Waals surface area (Å²) >= 11 is 0. The molecule has 0 amide bonds. The first-order valence-electron chi connectivity index (χ1n) is 7.39. The first-order valence-corrected chi connectivity index (χ1v) is 7.39. The van der Waals surface area contributed by atoms with E-state index in [-0.39, 0.29) is 23.9 Å². The van der Waals surface area contributed by atoms with E-state index < -0.39 is 27.8 Å². The van der Waals surface area contributed by atoms with Gasteiger partial charge in [-0.15, -0.1) is 0 Å². The summed E-state index contributed by atoms with van der Waals surface area (Å²) in [5.41, 5.74) is -1.13. The number of halogens is 1. The Hall–Kier alpha value is -2.38. The number of hydrogen-bond donors (Lipinski definition) is 1. The third kappa shape index (κ3) is 2.29. The molecule has 2 atom stereocenters. The Bertz CT molecular complexity index is 680. The third-order valence-electron chi connectivity index (χ3n) is 5.08. The van der Waals surface area contributed by atoms with Crippen LogP contribution in [0.15, 0.2) is 12.1 Å². The van der Waals surface area contributed by atoms with Crippen molar-refractivity contribution < 1.29 is 24.0 Å². The van der Waals surface area contributed by atoms with Gasteiger partial charge < -0.3 is 14.7 Å². The summed E-state index contributed by atoms with van der Waals surface area (Å²) in [5.74, 6) is -1.65. The minimum absolute atomic E-state index is 0.0272. The molecular formula is C15H17FN2O5. The molecule has 1 saturated heterocycles. The number of carboxylic acids is 1. The van der Waals surface area contributed by atoms with Crippen molar-refractivity contribution in [1.82, 2.24) is 0 Å². The average molecular weight is 324 g/mol. The van der Waals surface area contributed by atoms with Gasteiger partial charge in [-0.2, -0.15) is 0 Å². The number of methoxy groups -OCH3 is 1. The molecule has 1 aromatic carbocycles. The van der Waals surface area contributed by atoms with Gasteiger partial charge >= 0.3 is 11.7 Å². The molecule has 1 aromatic rings. The maximum atomic E-state index is 14.3. The van der Waals surface area contributed by atoms with Gasteiger partial charge in [0.2, 0.25) is 0 Å². The number of benzene rings is 1. The molecule has 1 aliphatic carbocycles. The minimum atomic E-state index is -0.850. The first kappa shape index (κ1) is 15.5. The fourth-order valence-corrected chi connectivity index (χ4v) is 3.90. The van der Waals surface area contributed by atoms with Crippen molar-refractivity contribution in [3.63, 3.8) is 0 Å². The summed E-state index contributed by atoms with van der Waals surface area (Å²) in [6.07, 6.45) is 2.24. The van der Waals surface area contributed by atoms with E-state index in [1.807, 2.05) is 0 Å². The fourth-order valence-electron chi connectivity index (χ4n) is 3.90. The number of rotatable bonds is 4. The van der Waals surface area contributed by atoms with Crippen LogP contribution in [0.4, 0.5) is 15.8 Å². The Labute approximate surface area is 131 Å². The molecule has 1 saturated carbocycles. The van der Waals surface area contributed by atoms with Crippen molar-refractivity contribution in [2.45, 2.75) is 19.3 Å². The van der Waals surface area contributed by atoms with E-state index in [0.29, 0.717) is 13.0 Å². The van der Waals surface area contributed by atoms with Crippen molar-refractivity contribution in [1.29, 1.82) is 0 Å². The van der Waals surface area contributed by atoms with Gasteiger partial charge in [0.25, 0.3) is 0 Å². The lowest BCUT2D eigenvalue weighted by Gasteiger charge is -2.24. The number of aliphatic carboxylic acids is 1. The predicted molar refractivity (Wildman–Crippen MR) is 79.2 cm³/mol. The lowest BCUT2D eigenvalue weighted by Crippen LogP contribution is -2.35. The number of hydrogen-bond acceptors (Lipinski definition) is 5. The van der Waals surface area contributed by atoms with Gasteiger partial charge in [0.05, 0.1) is 29.2 Å². The molecule has 23 heavy (non-hydrogen) atoms. The number of carboxylic acid groups (broad SMARTS) is 1. The van der Waals surface area contributed by atoms with Gasteiger partial charge in [-0.1, -0.05) is 6.42 Å². The monoisotopic (exact) mass is 324 g/mol. The second-order valence-corrected chi connectivity index (χ2v) is 6.16. The normalized spacial score (nSPS) is 26.2. The van der Waals surface area contributed by atoms with Crippen LogP contribution >= 0.6 is 0 Å². The van der Waals surface area contributed by atoms with Crippen LogP contribution in [0.3, 0.4) is 0 Å². The summed E-state index contributed by atoms with van der Waals surface area (Å²) in [6.45, 7) is 0.648. The van der Waals surface area contributed by atoms with Gasteiger partial charge in [0.1, 0.15) is 0 Å². The lowest BCUT2D eigenvalue weighted by molar-refractivity contribution is -0.385. The van der Waals surface area contributed by atoms with Gasteiger partial charge in [0.15, 0.2) is 11.6 Å². The van der Waals surface area contributed by atoms with Crippen molar-refractivity contribution in [3.8, 4) is 5.75 Å². The Kier molecular flexibility index (Phi) is 3.62. The van der Waals surface area contributed by atoms with Crippen LogP contribution in [0.5, 0.6) is 5.75 Å². The lowest BCUT2D eigenvalue weighted by atomic mass is 9.81. The molecule has 0 bridgehead atoms. The number of anilines is 1. The van der Waals surface area contributed by atoms with Crippen molar-refractivity contribution in [2.24, 2.45) is 11.3 Å². The zero-order chi connectivity index (χ0) is 16.8. The standard InChI is InChI=1S/C15H17FN2O5/c1-23-13-6-11(10(16)5-12(13)18(21)22)17-7-9-3-2-4-15(9,8-17)14(19)20/h5-6,9H,2-4,7-8H2,1H3,(H,19,20)/t9-,15+/m0/s1. The molecule has 1 heterocycles. The van der Waals surface area contributed by atoms with Gasteiger partial charge in [-0.3, -0.25) is 14.9 Å². The Morgan fingerprint density at radius 1 is 1.57 bits per heavy atom. The van der Waals surface area contributed by atoms with Gasteiger partial charge in [-0.05, 0) is 18.8 Å². The van der Waals surface area contributed by atoms with E-state index >= 15 is 0 Å². The van der Waals surface area contributed by atoms with Gasteiger partial charge in [0, 0.05) is 19.2 Å². The number of ether oxygens (including phenoxy) is 1. The highest BCUT2D eigenvalue weighted by molar-refractivity contribution is 5.78. The molecule has 0 aromatic heterocycles. The molecule has 0 spiro atoms. The third-order valence-corrected chi connectivity index (χ3v) is 5.08. The van der Waals surface area contributed by atoms with E-state index in [1.165, 1.54) is 13.2 Å². The van der Waals surface area contributed by atoms with Crippen LogP contribution in [-0.4, -0.2) is 36.2 Å². The molecule has 8 heteroatoms. The molecule has 2 fully saturated rings.